The number of carbonyl (C=O) groups is 2. The Morgan fingerprint density at radius 2 is 2.06 bits per heavy atom. The van der Waals surface area contributed by atoms with Gasteiger partial charge in [0, 0.05) is 17.0 Å². The first-order valence-corrected chi connectivity index (χ1v) is 5.31. The third-order valence-electron chi connectivity index (χ3n) is 2.41. The second-order valence-electron chi connectivity index (χ2n) is 3.83. The zero-order valence-electron chi connectivity index (χ0n) is 9.16. The van der Waals surface area contributed by atoms with Crippen LogP contribution in [0.2, 0.25) is 5.02 Å². The van der Waals surface area contributed by atoms with Gasteiger partial charge in [-0.2, -0.15) is 0 Å². The van der Waals surface area contributed by atoms with Gasteiger partial charge in [-0.3, -0.25) is 9.59 Å². The molecule has 1 aromatic carbocycles. The second-order valence-corrected chi connectivity index (χ2v) is 4.24. The number of benzene rings is 1. The first-order chi connectivity index (χ1) is 7.41. The van der Waals surface area contributed by atoms with Crippen LogP contribution in [0, 0.1) is 12.8 Å². The summed E-state index contributed by atoms with van der Waals surface area (Å²) >= 11 is 5.89. The molecule has 3 nitrogen and oxygen atoms in total. The highest BCUT2D eigenvalue weighted by atomic mass is 35.5. The summed E-state index contributed by atoms with van der Waals surface area (Å²) in [4.78, 5) is 22.3. The van der Waals surface area contributed by atoms with Crippen LogP contribution in [0.25, 0.3) is 0 Å². The van der Waals surface area contributed by atoms with Crippen LogP contribution < -0.4 is 0 Å². The van der Waals surface area contributed by atoms with Gasteiger partial charge >= 0.3 is 5.97 Å². The molecule has 0 aliphatic heterocycles. The number of carbonyl (C=O) groups excluding carboxylic acids is 1. The van der Waals surface area contributed by atoms with Crippen molar-refractivity contribution in [3.8, 4) is 0 Å². The van der Waals surface area contributed by atoms with Crippen molar-refractivity contribution in [2.75, 3.05) is 0 Å². The standard InChI is InChI=1S/C12H13ClO3/c1-7-3-4-9(6-10(7)13)11(14)5-8(2)12(15)16/h3-4,6,8H,5H2,1-2H3,(H,15,16). The molecule has 86 valence electrons. The number of hydrogen-bond donors (Lipinski definition) is 1. The Morgan fingerprint density at radius 1 is 1.44 bits per heavy atom. The molecule has 0 aliphatic rings. The number of halogens is 1. The van der Waals surface area contributed by atoms with Crippen molar-refractivity contribution < 1.29 is 14.7 Å². The summed E-state index contributed by atoms with van der Waals surface area (Å²) in [7, 11) is 0. The Labute approximate surface area is 99.0 Å². The topological polar surface area (TPSA) is 54.4 Å². The van der Waals surface area contributed by atoms with Gasteiger partial charge in [0.15, 0.2) is 5.78 Å². The third kappa shape index (κ3) is 3.07. The number of Topliss-reactive ketones (excluding diaryl/α,β-unsaturated/α-hetero) is 1. The van der Waals surface area contributed by atoms with Crippen molar-refractivity contribution in [1.29, 1.82) is 0 Å². The summed E-state index contributed by atoms with van der Waals surface area (Å²) < 4.78 is 0. The minimum atomic E-state index is -0.966. The van der Waals surface area contributed by atoms with E-state index in [4.69, 9.17) is 16.7 Å². The number of carboxylic acids is 1. The molecule has 0 radical (unpaired) electrons. The molecule has 4 heteroatoms. The summed E-state index contributed by atoms with van der Waals surface area (Å²) in [5, 5.41) is 9.22. The highest BCUT2D eigenvalue weighted by Gasteiger charge is 2.17. The summed E-state index contributed by atoms with van der Waals surface area (Å²) in [6, 6.07) is 4.99. The van der Waals surface area contributed by atoms with Crippen molar-refractivity contribution in [1.82, 2.24) is 0 Å². The van der Waals surface area contributed by atoms with Crippen LogP contribution >= 0.6 is 11.6 Å². The predicted molar refractivity (Wildman–Crippen MR) is 61.9 cm³/mol. The van der Waals surface area contributed by atoms with E-state index in [1.54, 1.807) is 18.2 Å². The number of aliphatic carboxylic acids is 1. The van der Waals surface area contributed by atoms with Crippen LogP contribution in [0.5, 0.6) is 0 Å². The molecule has 1 atom stereocenters. The molecule has 1 aromatic rings. The lowest BCUT2D eigenvalue weighted by molar-refractivity contribution is -0.141. The Morgan fingerprint density at radius 3 is 2.56 bits per heavy atom. The minimum Gasteiger partial charge on any atom is -0.481 e. The number of aryl methyl sites for hydroxylation is 1. The van der Waals surface area contributed by atoms with E-state index in [1.807, 2.05) is 6.92 Å². The molecular formula is C12H13ClO3. The predicted octanol–water partition coefficient (Wildman–Crippen LogP) is 2.94. The van der Waals surface area contributed by atoms with Crippen LogP contribution in [0.1, 0.15) is 29.3 Å². The maximum atomic E-state index is 11.7. The maximum Gasteiger partial charge on any atom is 0.306 e. The van der Waals surface area contributed by atoms with Crippen molar-refractivity contribution >= 4 is 23.4 Å². The Hall–Kier alpha value is -1.35. The fraction of sp³-hybridized carbons (Fsp3) is 0.333. The van der Waals surface area contributed by atoms with E-state index in [2.05, 4.69) is 0 Å². The summed E-state index contributed by atoms with van der Waals surface area (Å²) in [5.74, 6) is -1.84. The summed E-state index contributed by atoms with van der Waals surface area (Å²) in [5.41, 5.74) is 1.35. The molecule has 0 amide bonds. The molecule has 0 aliphatic carbocycles. The van der Waals surface area contributed by atoms with E-state index < -0.39 is 11.9 Å². The zero-order valence-corrected chi connectivity index (χ0v) is 9.91. The number of ketones is 1. The highest BCUT2D eigenvalue weighted by Crippen LogP contribution is 2.19. The fourth-order valence-electron chi connectivity index (χ4n) is 1.25. The van der Waals surface area contributed by atoms with Crippen LogP contribution in [0.15, 0.2) is 18.2 Å². The van der Waals surface area contributed by atoms with Gasteiger partial charge in [-0.1, -0.05) is 30.7 Å². The molecule has 0 spiro atoms. The molecular weight excluding hydrogens is 228 g/mol. The van der Waals surface area contributed by atoms with E-state index in [-0.39, 0.29) is 12.2 Å². The normalized spacial score (nSPS) is 12.2. The second kappa shape index (κ2) is 5.12. The van der Waals surface area contributed by atoms with Gasteiger partial charge < -0.3 is 5.11 Å². The summed E-state index contributed by atoms with van der Waals surface area (Å²) in [6.45, 7) is 3.35. The number of carboxylic acid groups (broad SMARTS) is 1. The lowest BCUT2D eigenvalue weighted by Gasteiger charge is -2.06. The fourth-order valence-corrected chi connectivity index (χ4v) is 1.43. The van der Waals surface area contributed by atoms with Crippen molar-refractivity contribution in [3.63, 3.8) is 0 Å². The van der Waals surface area contributed by atoms with Crippen molar-refractivity contribution in [2.24, 2.45) is 5.92 Å². The van der Waals surface area contributed by atoms with Gasteiger partial charge in [-0.15, -0.1) is 0 Å². The van der Waals surface area contributed by atoms with Crippen LogP contribution in [0.4, 0.5) is 0 Å². The monoisotopic (exact) mass is 240 g/mol. The Bertz CT molecular complexity index is 426. The van der Waals surface area contributed by atoms with Gasteiger partial charge in [0.25, 0.3) is 0 Å². The summed E-state index contributed by atoms with van der Waals surface area (Å²) in [6.07, 6.45) is -0.00523. The van der Waals surface area contributed by atoms with Crippen LogP contribution in [0.3, 0.4) is 0 Å². The first-order valence-electron chi connectivity index (χ1n) is 4.94. The lowest BCUT2D eigenvalue weighted by Crippen LogP contribution is -2.14. The molecule has 0 fully saturated rings. The molecule has 0 saturated carbocycles. The van der Waals surface area contributed by atoms with E-state index >= 15 is 0 Å². The van der Waals surface area contributed by atoms with Crippen molar-refractivity contribution in [2.45, 2.75) is 20.3 Å². The Kier molecular flexibility index (Phi) is 4.07. The smallest absolute Gasteiger partial charge is 0.306 e. The SMILES string of the molecule is Cc1ccc(C(=O)CC(C)C(=O)O)cc1Cl. The minimum absolute atomic E-state index is 0.00523. The van der Waals surface area contributed by atoms with Gasteiger partial charge in [-0.25, -0.2) is 0 Å². The number of hydrogen-bond acceptors (Lipinski definition) is 2. The van der Waals surface area contributed by atoms with Gasteiger partial charge in [0.1, 0.15) is 0 Å². The third-order valence-corrected chi connectivity index (χ3v) is 2.81. The zero-order chi connectivity index (χ0) is 12.3. The first kappa shape index (κ1) is 12.7. The largest absolute Gasteiger partial charge is 0.481 e. The van der Waals surface area contributed by atoms with Gasteiger partial charge in [-0.05, 0) is 18.6 Å². The molecule has 0 aromatic heterocycles. The van der Waals surface area contributed by atoms with Gasteiger partial charge in [0.2, 0.25) is 0 Å². The molecule has 1 unspecified atom stereocenters. The average molecular weight is 241 g/mol. The molecule has 1 rings (SSSR count). The van der Waals surface area contributed by atoms with Gasteiger partial charge in [0.05, 0.1) is 5.92 Å². The van der Waals surface area contributed by atoms with E-state index in [0.29, 0.717) is 10.6 Å². The van der Waals surface area contributed by atoms with E-state index in [9.17, 15) is 9.59 Å². The molecule has 16 heavy (non-hydrogen) atoms. The van der Waals surface area contributed by atoms with E-state index in [0.717, 1.165) is 5.56 Å². The number of rotatable bonds is 4. The maximum absolute atomic E-state index is 11.7. The van der Waals surface area contributed by atoms with Crippen molar-refractivity contribution in [3.05, 3.63) is 34.3 Å². The highest BCUT2D eigenvalue weighted by molar-refractivity contribution is 6.31. The Balaban J connectivity index is 2.81. The average Bonchev–Trinajstić information content (AvgIpc) is 2.21. The molecule has 0 bridgehead atoms. The van der Waals surface area contributed by atoms with Crippen LogP contribution in [-0.4, -0.2) is 16.9 Å². The quantitative estimate of drug-likeness (QED) is 0.824. The van der Waals surface area contributed by atoms with E-state index in [1.165, 1.54) is 6.92 Å². The van der Waals surface area contributed by atoms with Crippen LogP contribution in [-0.2, 0) is 4.79 Å². The lowest BCUT2D eigenvalue weighted by atomic mass is 9.99. The molecule has 0 saturated heterocycles. The molecule has 0 heterocycles. The molecule has 1 N–H and O–H groups in total.